The SMILES string of the molecule is CC1CCN(c2ccc3c(-c4ncc(C(=O)N5C[C@H](C)O[C@@H](C)C5)s4)noc3c2)CC1. The fraction of sp³-hybridized carbons (Fsp3) is 0.522. The van der Waals surface area contributed by atoms with Crippen molar-refractivity contribution in [3.05, 3.63) is 29.3 Å². The van der Waals surface area contributed by atoms with Crippen LogP contribution in [0.1, 0.15) is 43.3 Å². The number of fused-ring (bicyclic) bond motifs is 1. The Bertz CT molecular complexity index is 1080. The van der Waals surface area contributed by atoms with Gasteiger partial charge in [0.2, 0.25) is 0 Å². The van der Waals surface area contributed by atoms with Crippen molar-refractivity contribution in [3.8, 4) is 10.7 Å². The molecule has 5 rings (SSSR count). The monoisotopic (exact) mass is 440 g/mol. The Morgan fingerprint density at radius 2 is 1.87 bits per heavy atom. The molecular weight excluding hydrogens is 412 g/mol. The first-order valence-electron chi connectivity index (χ1n) is 11.0. The first-order valence-corrected chi connectivity index (χ1v) is 11.8. The number of hydrogen-bond donors (Lipinski definition) is 0. The highest BCUT2D eigenvalue weighted by Gasteiger charge is 2.28. The van der Waals surface area contributed by atoms with Gasteiger partial charge in [-0.1, -0.05) is 12.1 Å². The first-order chi connectivity index (χ1) is 15.0. The summed E-state index contributed by atoms with van der Waals surface area (Å²) in [6, 6.07) is 6.26. The minimum absolute atomic E-state index is 0.000151. The van der Waals surface area contributed by atoms with Crippen LogP contribution in [0.5, 0.6) is 0 Å². The standard InChI is InChI=1S/C23H28N4O3S/c1-14-6-8-26(9-7-14)17-4-5-18-19(10-17)30-25-21(18)22-24-11-20(31-22)23(28)27-12-15(2)29-16(3)13-27/h4-5,10-11,14-16H,6-9,12-13H2,1-3H3/t15-,16-/m0/s1. The summed E-state index contributed by atoms with van der Waals surface area (Å²) in [5.41, 5.74) is 2.62. The van der Waals surface area contributed by atoms with Crippen molar-refractivity contribution in [1.29, 1.82) is 0 Å². The van der Waals surface area contributed by atoms with Crippen LogP contribution in [0.25, 0.3) is 21.7 Å². The van der Waals surface area contributed by atoms with Crippen molar-refractivity contribution in [2.75, 3.05) is 31.1 Å². The summed E-state index contributed by atoms with van der Waals surface area (Å²) in [6.07, 6.45) is 4.16. The molecule has 1 amide bonds. The maximum Gasteiger partial charge on any atom is 0.265 e. The van der Waals surface area contributed by atoms with Crippen LogP contribution in [0.4, 0.5) is 5.69 Å². The Labute approximate surface area is 186 Å². The van der Waals surface area contributed by atoms with Crippen LogP contribution in [-0.2, 0) is 4.74 Å². The number of thiazole rings is 1. The Morgan fingerprint density at radius 3 is 2.61 bits per heavy atom. The second-order valence-electron chi connectivity index (χ2n) is 8.88. The highest BCUT2D eigenvalue weighted by atomic mass is 32.1. The van der Waals surface area contributed by atoms with Crippen molar-refractivity contribution < 1.29 is 14.1 Å². The number of carbonyl (C=O) groups is 1. The number of anilines is 1. The highest BCUT2D eigenvalue weighted by molar-refractivity contribution is 7.17. The third kappa shape index (κ3) is 4.06. The predicted molar refractivity (Wildman–Crippen MR) is 122 cm³/mol. The summed E-state index contributed by atoms with van der Waals surface area (Å²) in [5.74, 6) is 0.794. The van der Waals surface area contributed by atoms with Crippen molar-refractivity contribution in [2.45, 2.75) is 45.8 Å². The molecule has 2 saturated heterocycles. The minimum Gasteiger partial charge on any atom is -0.372 e. The topological polar surface area (TPSA) is 71.7 Å². The van der Waals surface area contributed by atoms with E-state index in [4.69, 9.17) is 9.26 Å². The molecule has 0 unspecified atom stereocenters. The molecule has 0 bridgehead atoms. The van der Waals surface area contributed by atoms with E-state index < -0.39 is 0 Å². The lowest BCUT2D eigenvalue weighted by Crippen LogP contribution is -2.48. The van der Waals surface area contributed by atoms with Gasteiger partial charge in [-0.05, 0) is 44.7 Å². The molecule has 0 saturated carbocycles. The quantitative estimate of drug-likeness (QED) is 0.600. The molecule has 4 heterocycles. The number of amides is 1. The molecule has 8 heteroatoms. The van der Waals surface area contributed by atoms with Crippen molar-refractivity contribution in [2.24, 2.45) is 5.92 Å². The first kappa shape index (κ1) is 20.5. The van der Waals surface area contributed by atoms with Gasteiger partial charge in [-0.25, -0.2) is 4.98 Å². The number of piperidine rings is 1. The zero-order valence-corrected chi connectivity index (χ0v) is 19.0. The van der Waals surface area contributed by atoms with Gasteiger partial charge in [-0.2, -0.15) is 0 Å². The average Bonchev–Trinajstić information content (AvgIpc) is 3.39. The second-order valence-corrected chi connectivity index (χ2v) is 9.91. The van der Waals surface area contributed by atoms with Gasteiger partial charge < -0.3 is 19.1 Å². The van der Waals surface area contributed by atoms with Gasteiger partial charge in [0.1, 0.15) is 15.6 Å². The largest absolute Gasteiger partial charge is 0.372 e. The lowest BCUT2D eigenvalue weighted by molar-refractivity contribution is -0.0585. The van der Waals surface area contributed by atoms with Crippen LogP contribution in [0.15, 0.2) is 28.9 Å². The van der Waals surface area contributed by atoms with E-state index in [9.17, 15) is 4.79 Å². The lowest BCUT2D eigenvalue weighted by Gasteiger charge is -2.34. The molecule has 1 aromatic carbocycles. The van der Waals surface area contributed by atoms with E-state index in [1.54, 1.807) is 6.20 Å². The second kappa shape index (κ2) is 8.24. The molecule has 7 nitrogen and oxygen atoms in total. The van der Waals surface area contributed by atoms with Crippen LogP contribution in [-0.4, -0.2) is 59.3 Å². The third-order valence-corrected chi connectivity index (χ3v) is 7.22. The van der Waals surface area contributed by atoms with Gasteiger partial charge in [0.15, 0.2) is 5.58 Å². The summed E-state index contributed by atoms with van der Waals surface area (Å²) in [6.45, 7) is 9.65. The van der Waals surface area contributed by atoms with Crippen LogP contribution in [0.3, 0.4) is 0 Å². The summed E-state index contributed by atoms with van der Waals surface area (Å²) in [7, 11) is 0. The van der Waals surface area contributed by atoms with Gasteiger partial charge >= 0.3 is 0 Å². The van der Waals surface area contributed by atoms with Gasteiger partial charge in [0.25, 0.3) is 5.91 Å². The van der Waals surface area contributed by atoms with Gasteiger partial charge in [-0.15, -0.1) is 11.3 Å². The fourth-order valence-electron chi connectivity index (χ4n) is 4.53. The van der Waals surface area contributed by atoms with E-state index in [1.807, 2.05) is 18.7 Å². The minimum atomic E-state index is 0.000151. The summed E-state index contributed by atoms with van der Waals surface area (Å²) >= 11 is 1.37. The molecule has 2 aliphatic rings. The number of morpholine rings is 1. The number of aromatic nitrogens is 2. The van der Waals surface area contributed by atoms with E-state index in [2.05, 4.69) is 40.2 Å². The van der Waals surface area contributed by atoms with Crippen LogP contribution >= 0.6 is 11.3 Å². The van der Waals surface area contributed by atoms with Gasteiger partial charge in [0.05, 0.1) is 23.8 Å². The normalized spacial score (nSPS) is 22.9. The molecule has 2 atom stereocenters. The summed E-state index contributed by atoms with van der Waals surface area (Å²) in [5, 5.41) is 5.91. The maximum atomic E-state index is 13.0. The molecule has 164 valence electrons. The highest BCUT2D eigenvalue weighted by Crippen LogP contribution is 2.34. The third-order valence-electron chi connectivity index (χ3n) is 6.23. The zero-order valence-electron chi connectivity index (χ0n) is 18.2. The lowest BCUT2D eigenvalue weighted by atomic mass is 9.99. The van der Waals surface area contributed by atoms with Crippen molar-refractivity contribution in [3.63, 3.8) is 0 Å². The molecular formula is C23H28N4O3S. The van der Waals surface area contributed by atoms with Crippen molar-refractivity contribution in [1.82, 2.24) is 15.0 Å². The number of ether oxygens (including phenoxy) is 1. The summed E-state index contributed by atoms with van der Waals surface area (Å²) < 4.78 is 11.4. The van der Waals surface area contributed by atoms with E-state index in [0.29, 0.717) is 28.7 Å². The predicted octanol–water partition coefficient (Wildman–Crippen LogP) is 4.44. The van der Waals surface area contributed by atoms with Crippen LogP contribution in [0.2, 0.25) is 0 Å². The fourth-order valence-corrected chi connectivity index (χ4v) is 5.41. The van der Waals surface area contributed by atoms with Crippen LogP contribution < -0.4 is 4.90 Å². The Hall–Kier alpha value is -2.45. The zero-order chi connectivity index (χ0) is 21.5. The maximum absolute atomic E-state index is 13.0. The Kier molecular flexibility index (Phi) is 5.44. The van der Waals surface area contributed by atoms with E-state index in [1.165, 1.54) is 29.9 Å². The number of rotatable bonds is 3. The molecule has 3 aromatic rings. The number of nitrogens with zero attached hydrogens (tertiary/aromatic N) is 4. The van der Waals surface area contributed by atoms with E-state index >= 15 is 0 Å². The molecule has 0 spiro atoms. The number of hydrogen-bond acceptors (Lipinski definition) is 7. The molecule has 0 aliphatic carbocycles. The van der Waals surface area contributed by atoms with Crippen LogP contribution in [0, 0.1) is 5.92 Å². The summed E-state index contributed by atoms with van der Waals surface area (Å²) in [4.78, 5) is 22.3. The van der Waals surface area contributed by atoms with Gasteiger partial charge in [-0.3, -0.25) is 4.79 Å². The average molecular weight is 441 g/mol. The Morgan fingerprint density at radius 1 is 1.13 bits per heavy atom. The Balaban J connectivity index is 1.37. The molecule has 31 heavy (non-hydrogen) atoms. The number of carbonyl (C=O) groups excluding carboxylic acids is 1. The van der Waals surface area contributed by atoms with Crippen molar-refractivity contribution >= 4 is 33.9 Å². The molecule has 2 aliphatic heterocycles. The number of benzene rings is 1. The van der Waals surface area contributed by atoms with E-state index in [0.717, 1.165) is 30.0 Å². The smallest absolute Gasteiger partial charge is 0.265 e. The molecule has 0 radical (unpaired) electrons. The van der Waals surface area contributed by atoms with E-state index in [-0.39, 0.29) is 18.1 Å². The molecule has 0 N–H and O–H groups in total. The molecule has 2 aromatic heterocycles. The molecule has 2 fully saturated rings. The van der Waals surface area contributed by atoms with Gasteiger partial charge in [0, 0.05) is 37.9 Å².